The fourth-order valence-electron chi connectivity index (χ4n) is 1.66. The van der Waals surface area contributed by atoms with E-state index in [1.54, 1.807) is 0 Å². The van der Waals surface area contributed by atoms with E-state index in [2.05, 4.69) is 0 Å². The van der Waals surface area contributed by atoms with Crippen molar-refractivity contribution in [3.63, 3.8) is 0 Å². The minimum Gasteiger partial charge on any atom is -0.207 e. The molecule has 0 unspecified atom stereocenters. The zero-order valence-electron chi connectivity index (χ0n) is 8.93. The summed E-state index contributed by atoms with van der Waals surface area (Å²) >= 11 is 0. The third kappa shape index (κ3) is 2.50. The molecule has 0 aliphatic rings. The third-order valence-electron chi connectivity index (χ3n) is 2.42. The van der Waals surface area contributed by atoms with E-state index in [1.807, 2.05) is 0 Å². The first-order valence-corrected chi connectivity index (χ1v) is 5.00. The molecule has 0 N–H and O–H groups in total. The molecule has 0 aliphatic heterocycles. The lowest BCUT2D eigenvalue weighted by atomic mass is 9.99. The van der Waals surface area contributed by atoms with Crippen LogP contribution in [0.5, 0.6) is 0 Å². The highest BCUT2D eigenvalue weighted by atomic mass is 19.4. The molecular formula is C13H7F5. The molecular weight excluding hydrogens is 251 g/mol. The van der Waals surface area contributed by atoms with Crippen LogP contribution >= 0.6 is 0 Å². The van der Waals surface area contributed by atoms with Crippen molar-refractivity contribution >= 4 is 0 Å². The topological polar surface area (TPSA) is 0 Å². The molecule has 0 spiro atoms. The van der Waals surface area contributed by atoms with Gasteiger partial charge in [-0.2, -0.15) is 13.2 Å². The molecule has 0 bridgehead atoms. The van der Waals surface area contributed by atoms with Crippen molar-refractivity contribution in [1.82, 2.24) is 0 Å². The first kappa shape index (κ1) is 12.5. The van der Waals surface area contributed by atoms with Crippen molar-refractivity contribution in [2.24, 2.45) is 0 Å². The van der Waals surface area contributed by atoms with Crippen LogP contribution in [-0.4, -0.2) is 0 Å². The first-order chi connectivity index (χ1) is 8.38. The van der Waals surface area contributed by atoms with Crippen LogP contribution in [0.25, 0.3) is 11.1 Å². The summed E-state index contributed by atoms with van der Waals surface area (Å²) in [7, 11) is 0. The maximum atomic E-state index is 13.0. The van der Waals surface area contributed by atoms with Gasteiger partial charge in [-0.25, -0.2) is 8.78 Å². The van der Waals surface area contributed by atoms with E-state index in [-0.39, 0.29) is 11.1 Å². The van der Waals surface area contributed by atoms with Crippen molar-refractivity contribution in [3.05, 3.63) is 59.7 Å². The standard InChI is InChI=1S/C13H7F5/c14-9-3-1-2-8(6-9)11-5-4-10(15)7-12(11)13(16,17)18/h1-7H. The van der Waals surface area contributed by atoms with Gasteiger partial charge in [-0.05, 0) is 35.4 Å². The van der Waals surface area contributed by atoms with Gasteiger partial charge in [0.05, 0.1) is 5.56 Å². The van der Waals surface area contributed by atoms with E-state index < -0.39 is 23.4 Å². The smallest absolute Gasteiger partial charge is 0.207 e. The molecule has 0 radical (unpaired) electrons. The number of rotatable bonds is 1. The van der Waals surface area contributed by atoms with Gasteiger partial charge >= 0.3 is 6.18 Å². The quantitative estimate of drug-likeness (QED) is 0.653. The van der Waals surface area contributed by atoms with Gasteiger partial charge in [-0.3, -0.25) is 0 Å². The molecule has 94 valence electrons. The number of hydrogen-bond acceptors (Lipinski definition) is 0. The molecule has 0 atom stereocenters. The largest absolute Gasteiger partial charge is 0.417 e. The second-order valence-electron chi connectivity index (χ2n) is 3.70. The fraction of sp³-hybridized carbons (Fsp3) is 0.0769. The number of hydrogen-bond donors (Lipinski definition) is 0. The van der Waals surface area contributed by atoms with E-state index in [1.165, 1.54) is 12.1 Å². The summed E-state index contributed by atoms with van der Waals surface area (Å²) in [5.41, 5.74) is -1.31. The second kappa shape index (κ2) is 4.40. The minimum atomic E-state index is -4.69. The van der Waals surface area contributed by atoms with E-state index in [0.29, 0.717) is 6.07 Å². The Morgan fingerprint density at radius 1 is 0.778 bits per heavy atom. The number of benzene rings is 2. The van der Waals surface area contributed by atoms with Gasteiger partial charge in [0.15, 0.2) is 0 Å². The van der Waals surface area contributed by atoms with Gasteiger partial charge in [-0.1, -0.05) is 18.2 Å². The molecule has 2 aromatic rings. The van der Waals surface area contributed by atoms with Gasteiger partial charge in [0.1, 0.15) is 11.6 Å². The average Bonchev–Trinajstić information content (AvgIpc) is 2.27. The summed E-state index contributed by atoms with van der Waals surface area (Å²) in [6.07, 6.45) is -4.69. The Morgan fingerprint density at radius 3 is 2.06 bits per heavy atom. The van der Waals surface area contributed by atoms with E-state index in [4.69, 9.17) is 0 Å². The predicted molar refractivity (Wildman–Crippen MR) is 56.8 cm³/mol. The summed E-state index contributed by atoms with van der Waals surface area (Å²) in [6.45, 7) is 0. The van der Waals surface area contributed by atoms with Crippen molar-refractivity contribution < 1.29 is 22.0 Å². The van der Waals surface area contributed by atoms with Gasteiger partial charge < -0.3 is 0 Å². The normalized spacial score (nSPS) is 11.6. The summed E-state index contributed by atoms with van der Waals surface area (Å²) in [5, 5.41) is 0. The molecule has 2 rings (SSSR count). The maximum Gasteiger partial charge on any atom is 0.417 e. The zero-order valence-corrected chi connectivity index (χ0v) is 8.93. The summed E-state index contributed by atoms with van der Waals surface area (Å²) in [4.78, 5) is 0. The molecule has 0 heterocycles. The van der Waals surface area contributed by atoms with Crippen molar-refractivity contribution in [3.8, 4) is 11.1 Å². The molecule has 18 heavy (non-hydrogen) atoms. The fourth-order valence-corrected chi connectivity index (χ4v) is 1.66. The first-order valence-electron chi connectivity index (χ1n) is 5.00. The van der Waals surface area contributed by atoms with Crippen LogP contribution in [0.15, 0.2) is 42.5 Å². The minimum absolute atomic E-state index is 0.0577. The Labute approximate surface area is 99.7 Å². The maximum absolute atomic E-state index is 13.0. The highest BCUT2D eigenvalue weighted by Crippen LogP contribution is 2.37. The summed E-state index contributed by atoms with van der Waals surface area (Å²) < 4.78 is 64.2. The highest BCUT2D eigenvalue weighted by molar-refractivity contribution is 5.68. The Kier molecular flexibility index (Phi) is 3.07. The van der Waals surface area contributed by atoms with Crippen LogP contribution in [0.2, 0.25) is 0 Å². The summed E-state index contributed by atoms with van der Waals surface area (Å²) in [5.74, 6) is -1.63. The van der Waals surface area contributed by atoms with Crippen LogP contribution < -0.4 is 0 Å². The third-order valence-corrected chi connectivity index (χ3v) is 2.42. The van der Waals surface area contributed by atoms with Gasteiger partial charge in [0.2, 0.25) is 0 Å². The number of alkyl halides is 3. The predicted octanol–water partition coefficient (Wildman–Crippen LogP) is 4.65. The zero-order chi connectivity index (χ0) is 13.3. The Morgan fingerprint density at radius 2 is 1.44 bits per heavy atom. The van der Waals surface area contributed by atoms with Crippen molar-refractivity contribution in [2.45, 2.75) is 6.18 Å². The Balaban J connectivity index is 2.64. The Hall–Kier alpha value is -1.91. The molecule has 0 aliphatic carbocycles. The van der Waals surface area contributed by atoms with Gasteiger partial charge in [0, 0.05) is 0 Å². The van der Waals surface area contributed by atoms with Crippen LogP contribution in [0.1, 0.15) is 5.56 Å². The monoisotopic (exact) mass is 258 g/mol. The average molecular weight is 258 g/mol. The molecule has 0 fully saturated rings. The van der Waals surface area contributed by atoms with Crippen LogP contribution in [0.4, 0.5) is 22.0 Å². The molecule has 5 heteroatoms. The van der Waals surface area contributed by atoms with Crippen LogP contribution in [0.3, 0.4) is 0 Å². The number of halogens is 5. The Bertz CT molecular complexity index is 572. The molecule has 0 saturated heterocycles. The van der Waals surface area contributed by atoms with E-state index >= 15 is 0 Å². The van der Waals surface area contributed by atoms with Gasteiger partial charge in [0.25, 0.3) is 0 Å². The lowest BCUT2D eigenvalue weighted by molar-refractivity contribution is -0.137. The van der Waals surface area contributed by atoms with E-state index in [9.17, 15) is 22.0 Å². The lowest BCUT2D eigenvalue weighted by Crippen LogP contribution is -2.07. The van der Waals surface area contributed by atoms with Crippen molar-refractivity contribution in [1.29, 1.82) is 0 Å². The van der Waals surface area contributed by atoms with Crippen LogP contribution in [-0.2, 0) is 6.18 Å². The molecule has 0 nitrogen and oxygen atoms in total. The van der Waals surface area contributed by atoms with Gasteiger partial charge in [-0.15, -0.1) is 0 Å². The summed E-state index contributed by atoms with van der Waals surface area (Å²) in [6, 6.07) is 7.05. The molecule has 2 aromatic carbocycles. The molecule has 0 amide bonds. The molecule has 0 aromatic heterocycles. The lowest BCUT2D eigenvalue weighted by Gasteiger charge is -2.13. The SMILES string of the molecule is Fc1cccc(-c2ccc(F)cc2C(F)(F)F)c1. The van der Waals surface area contributed by atoms with E-state index in [0.717, 1.165) is 24.3 Å². The van der Waals surface area contributed by atoms with Crippen LogP contribution in [0, 0.1) is 11.6 Å². The highest BCUT2D eigenvalue weighted by Gasteiger charge is 2.34. The molecule has 0 saturated carbocycles. The van der Waals surface area contributed by atoms with Crippen molar-refractivity contribution in [2.75, 3.05) is 0 Å². The second-order valence-corrected chi connectivity index (χ2v) is 3.70.